The van der Waals surface area contributed by atoms with Crippen LogP contribution in [-0.2, 0) is 22.1 Å². The minimum Gasteiger partial charge on any atom is -0.390 e. The van der Waals surface area contributed by atoms with E-state index in [1.807, 2.05) is 6.92 Å². The Morgan fingerprint density at radius 2 is 1.73 bits per heavy atom. The number of aromatic nitrogens is 2. The third kappa shape index (κ3) is 5.25. The highest BCUT2D eigenvalue weighted by Crippen LogP contribution is 2.23. The van der Waals surface area contributed by atoms with E-state index in [1.165, 1.54) is 12.1 Å². The number of aromatic amines is 1. The van der Waals surface area contributed by atoms with E-state index in [4.69, 9.17) is 9.66 Å². The molecule has 0 saturated carbocycles. The Balaban J connectivity index is 0.000000220. The van der Waals surface area contributed by atoms with Crippen LogP contribution in [0.4, 0.5) is 0 Å². The van der Waals surface area contributed by atoms with Crippen molar-refractivity contribution in [1.82, 2.24) is 10.2 Å². The minimum atomic E-state index is -4.02. The van der Waals surface area contributed by atoms with Gasteiger partial charge < -0.3 is 5.11 Å². The maximum atomic E-state index is 10.5. The van der Waals surface area contributed by atoms with Crippen molar-refractivity contribution >= 4 is 10.1 Å². The van der Waals surface area contributed by atoms with Crippen molar-refractivity contribution in [2.75, 3.05) is 0 Å². The first-order chi connectivity index (χ1) is 10.1. The second kappa shape index (κ2) is 7.04. The monoisotopic (exact) mass is 326 g/mol. The summed E-state index contributed by atoms with van der Waals surface area (Å²) in [7, 11) is -4.02. The fraction of sp³-hybridized carbons (Fsp3) is 0.400. The van der Waals surface area contributed by atoms with Gasteiger partial charge in [-0.15, -0.1) is 0 Å². The molecule has 0 bridgehead atoms. The maximum absolute atomic E-state index is 10.5. The molecule has 0 aliphatic carbocycles. The molecule has 2 aromatic rings. The predicted octanol–water partition coefficient (Wildman–Crippen LogP) is 2.44. The van der Waals surface area contributed by atoms with Gasteiger partial charge in [-0.25, -0.2) is 0 Å². The largest absolute Gasteiger partial charge is 0.390 e. The number of aliphatic hydroxyl groups is 1. The number of H-pyrrole nitrogens is 1. The van der Waals surface area contributed by atoms with Crippen LogP contribution in [0.3, 0.4) is 0 Å². The molecule has 0 saturated heterocycles. The van der Waals surface area contributed by atoms with E-state index in [9.17, 15) is 8.42 Å². The summed E-state index contributed by atoms with van der Waals surface area (Å²) in [6.45, 7) is 8.16. The van der Waals surface area contributed by atoms with Gasteiger partial charge in [-0.1, -0.05) is 38.5 Å². The maximum Gasteiger partial charge on any atom is 0.294 e. The minimum absolute atomic E-state index is 0.0343. The Labute approximate surface area is 131 Å². The number of nitrogens with one attached hydrogen (secondary N) is 1. The number of aliphatic hydroxyl groups excluding tert-OH is 1. The molecule has 0 atom stereocenters. The highest BCUT2D eigenvalue weighted by atomic mass is 32.2. The van der Waals surface area contributed by atoms with Crippen molar-refractivity contribution in [1.29, 1.82) is 0 Å². The quantitative estimate of drug-likeness (QED) is 0.735. The van der Waals surface area contributed by atoms with Crippen molar-refractivity contribution in [2.45, 2.75) is 44.6 Å². The molecule has 0 radical (unpaired) electrons. The van der Waals surface area contributed by atoms with Gasteiger partial charge in [-0.05, 0) is 24.5 Å². The average molecular weight is 326 g/mol. The number of hydrogen-bond acceptors (Lipinski definition) is 4. The molecule has 1 aromatic heterocycles. The number of rotatable bonds is 2. The molecule has 122 valence electrons. The van der Waals surface area contributed by atoms with E-state index in [1.54, 1.807) is 18.3 Å². The Morgan fingerprint density at radius 3 is 2.09 bits per heavy atom. The van der Waals surface area contributed by atoms with Gasteiger partial charge in [0.2, 0.25) is 0 Å². The molecular formula is C15H22N2O4S. The third-order valence-electron chi connectivity index (χ3n) is 3.00. The molecule has 0 spiro atoms. The van der Waals surface area contributed by atoms with Gasteiger partial charge in [0.05, 0.1) is 23.4 Å². The van der Waals surface area contributed by atoms with Crippen molar-refractivity contribution in [3.8, 4) is 0 Å². The van der Waals surface area contributed by atoms with E-state index < -0.39 is 10.1 Å². The lowest BCUT2D eigenvalue weighted by Crippen LogP contribution is -2.12. The molecular weight excluding hydrogens is 304 g/mol. The summed E-state index contributed by atoms with van der Waals surface area (Å²) in [6, 6.07) is 5.99. The smallest absolute Gasteiger partial charge is 0.294 e. The van der Waals surface area contributed by atoms with E-state index in [-0.39, 0.29) is 16.9 Å². The van der Waals surface area contributed by atoms with Crippen molar-refractivity contribution in [3.05, 3.63) is 47.3 Å². The zero-order chi connectivity index (χ0) is 17.0. The summed E-state index contributed by atoms with van der Waals surface area (Å²) >= 11 is 0. The number of nitrogens with zero attached hydrogens (tertiary/aromatic N) is 1. The first-order valence-corrected chi connectivity index (χ1v) is 8.17. The SMILES string of the molecule is CC(C)(C)c1cn[nH]c1CO.Cc1ccc(S(=O)(=O)O)cc1. The number of benzene rings is 1. The average Bonchev–Trinajstić information content (AvgIpc) is 2.87. The lowest BCUT2D eigenvalue weighted by Gasteiger charge is -2.17. The Kier molecular flexibility index (Phi) is 5.87. The first-order valence-electron chi connectivity index (χ1n) is 6.73. The van der Waals surface area contributed by atoms with Crippen LogP contribution in [0.25, 0.3) is 0 Å². The second-order valence-electron chi connectivity index (χ2n) is 5.96. The standard InChI is InChI=1S/C8H14N2O.C7H8O3S/c1-8(2,3)6-4-9-10-7(6)5-11;1-6-2-4-7(5-3-6)11(8,9)10/h4,11H,5H2,1-3H3,(H,9,10);2-5H,1H3,(H,8,9,10). The van der Waals surface area contributed by atoms with Crippen LogP contribution >= 0.6 is 0 Å². The summed E-state index contributed by atoms with van der Waals surface area (Å²) in [4.78, 5) is -0.0666. The summed E-state index contributed by atoms with van der Waals surface area (Å²) in [5, 5.41) is 15.5. The van der Waals surface area contributed by atoms with E-state index >= 15 is 0 Å². The van der Waals surface area contributed by atoms with Gasteiger partial charge in [-0.3, -0.25) is 9.65 Å². The van der Waals surface area contributed by atoms with Gasteiger partial charge in [0.1, 0.15) is 0 Å². The number of hydrogen-bond donors (Lipinski definition) is 3. The highest BCUT2D eigenvalue weighted by Gasteiger charge is 2.18. The van der Waals surface area contributed by atoms with E-state index in [0.29, 0.717) is 0 Å². The van der Waals surface area contributed by atoms with Crippen LogP contribution < -0.4 is 0 Å². The Bertz CT molecular complexity index is 698. The highest BCUT2D eigenvalue weighted by molar-refractivity contribution is 7.85. The fourth-order valence-corrected chi connectivity index (χ4v) is 2.27. The van der Waals surface area contributed by atoms with Crippen LogP contribution in [0.2, 0.25) is 0 Å². The van der Waals surface area contributed by atoms with Crippen LogP contribution in [0.1, 0.15) is 37.6 Å². The van der Waals surface area contributed by atoms with Crippen molar-refractivity contribution in [2.24, 2.45) is 0 Å². The molecule has 1 heterocycles. The van der Waals surface area contributed by atoms with Gasteiger partial charge in [-0.2, -0.15) is 13.5 Å². The normalized spacial score (nSPS) is 11.7. The van der Waals surface area contributed by atoms with Crippen LogP contribution in [-0.4, -0.2) is 28.3 Å². The summed E-state index contributed by atoms with van der Waals surface area (Å²) in [6.07, 6.45) is 1.77. The zero-order valence-corrected chi connectivity index (χ0v) is 14.0. The molecule has 0 fully saturated rings. The summed E-state index contributed by atoms with van der Waals surface area (Å²) < 4.78 is 29.6. The van der Waals surface area contributed by atoms with Crippen LogP contribution in [0.5, 0.6) is 0 Å². The van der Waals surface area contributed by atoms with Crippen LogP contribution in [0.15, 0.2) is 35.4 Å². The first kappa shape index (κ1) is 18.3. The lowest BCUT2D eigenvalue weighted by atomic mass is 9.87. The molecule has 1 aromatic carbocycles. The molecule has 3 N–H and O–H groups in total. The second-order valence-corrected chi connectivity index (χ2v) is 7.38. The Morgan fingerprint density at radius 1 is 1.18 bits per heavy atom. The third-order valence-corrected chi connectivity index (χ3v) is 3.87. The van der Waals surface area contributed by atoms with Crippen molar-refractivity contribution < 1.29 is 18.1 Å². The van der Waals surface area contributed by atoms with Crippen molar-refractivity contribution in [3.63, 3.8) is 0 Å². The fourth-order valence-electron chi connectivity index (χ4n) is 1.79. The van der Waals surface area contributed by atoms with Gasteiger partial charge in [0.15, 0.2) is 0 Å². The molecule has 22 heavy (non-hydrogen) atoms. The molecule has 6 nitrogen and oxygen atoms in total. The molecule has 0 aliphatic rings. The summed E-state index contributed by atoms with van der Waals surface area (Å²) in [5.41, 5.74) is 2.92. The summed E-state index contributed by atoms with van der Waals surface area (Å²) in [5.74, 6) is 0. The Hall–Kier alpha value is -1.70. The predicted molar refractivity (Wildman–Crippen MR) is 84.2 cm³/mol. The molecule has 0 amide bonds. The number of aryl methyl sites for hydroxylation is 1. The molecule has 2 rings (SSSR count). The van der Waals surface area contributed by atoms with Gasteiger partial charge in [0, 0.05) is 5.56 Å². The molecule has 0 aliphatic heterocycles. The van der Waals surface area contributed by atoms with Gasteiger partial charge >= 0.3 is 0 Å². The topological polar surface area (TPSA) is 103 Å². The lowest BCUT2D eigenvalue weighted by molar-refractivity contribution is 0.273. The zero-order valence-electron chi connectivity index (χ0n) is 13.2. The van der Waals surface area contributed by atoms with Crippen LogP contribution in [0, 0.1) is 6.92 Å². The van der Waals surface area contributed by atoms with Gasteiger partial charge in [0.25, 0.3) is 10.1 Å². The van der Waals surface area contributed by atoms with E-state index in [2.05, 4.69) is 31.0 Å². The van der Waals surface area contributed by atoms with E-state index in [0.717, 1.165) is 16.8 Å². The molecule has 0 unspecified atom stereocenters. The molecule has 7 heteroatoms.